The Morgan fingerprint density at radius 1 is 0.600 bits per heavy atom. The number of allylic oxidation sites excluding steroid dienone is 2. The summed E-state index contributed by atoms with van der Waals surface area (Å²) in [4.78, 5) is 0. The Labute approximate surface area is 237 Å². The molecule has 1 aliphatic carbocycles. The number of hydrogen-bond donors (Lipinski definition) is 0. The minimum atomic E-state index is -0.877. The van der Waals surface area contributed by atoms with Gasteiger partial charge in [-0.05, 0) is 60.3 Å². The molecule has 0 amide bonds. The maximum Gasteiger partial charge on any atom is 0.167 e. The summed E-state index contributed by atoms with van der Waals surface area (Å²) in [5.74, 6) is -2.75. The van der Waals surface area contributed by atoms with Crippen LogP contribution in [-0.2, 0) is 6.42 Å². The van der Waals surface area contributed by atoms with Gasteiger partial charge in [-0.15, -0.1) is 0 Å². The molecule has 0 spiro atoms. The fourth-order valence-corrected chi connectivity index (χ4v) is 5.85. The van der Waals surface area contributed by atoms with Crippen LogP contribution in [0.3, 0.4) is 0 Å². The molecular weight excluding hydrogens is 508 g/mol. The molecule has 0 fully saturated rings. The highest BCUT2D eigenvalue weighted by Crippen LogP contribution is 2.37. The number of halogens is 4. The Balaban J connectivity index is 1.45. The lowest BCUT2D eigenvalue weighted by Crippen LogP contribution is -2.07. The van der Waals surface area contributed by atoms with E-state index in [1.807, 2.05) is 0 Å². The Morgan fingerprint density at radius 3 is 1.77 bits per heavy atom. The van der Waals surface area contributed by atoms with Crippen LogP contribution in [0.2, 0.25) is 0 Å². The average molecular weight is 551 g/mol. The van der Waals surface area contributed by atoms with Gasteiger partial charge in [-0.25, -0.2) is 17.6 Å². The summed E-state index contributed by atoms with van der Waals surface area (Å²) >= 11 is 0. The fourth-order valence-electron chi connectivity index (χ4n) is 5.85. The smallest absolute Gasteiger partial charge is 0.167 e. The van der Waals surface area contributed by atoms with Crippen molar-refractivity contribution < 1.29 is 17.6 Å². The molecule has 0 aliphatic heterocycles. The third-order valence-electron chi connectivity index (χ3n) is 8.38. The Kier molecular flexibility index (Phi) is 11.0. The number of unbranched alkanes of at least 4 members (excludes halogenated alkanes) is 6. The second-order valence-electron chi connectivity index (χ2n) is 11.3. The highest BCUT2D eigenvalue weighted by Gasteiger charge is 2.21. The van der Waals surface area contributed by atoms with Gasteiger partial charge in [0.25, 0.3) is 0 Å². The predicted molar refractivity (Wildman–Crippen MR) is 159 cm³/mol. The molecule has 0 radical (unpaired) electrons. The van der Waals surface area contributed by atoms with Gasteiger partial charge in [0.05, 0.1) is 0 Å². The predicted octanol–water partition coefficient (Wildman–Crippen LogP) is 11.9. The molecule has 214 valence electrons. The van der Waals surface area contributed by atoms with Crippen LogP contribution in [0, 0.1) is 29.2 Å². The molecule has 0 heterocycles. The van der Waals surface area contributed by atoms with Crippen molar-refractivity contribution in [3.63, 3.8) is 0 Å². The summed E-state index contributed by atoms with van der Waals surface area (Å²) in [5, 5.41) is 0. The van der Waals surface area contributed by atoms with Crippen molar-refractivity contribution in [3.8, 4) is 22.3 Å². The van der Waals surface area contributed by atoms with Crippen LogP contribution in [0.4, 0.5) is 17.6 Å². The topological polar surface area (TPSA) is 0 Å². The van der Waals surface area contributed by atoms with Crippen LogP contribution in [0.25, 0.3) is 27.8 Å². The zero-order valence-corrected chi connectivity index (χ0v) is 24.0. The van der Waals surface area contributed by atoms with Gasteiger partial charge in [-0.1, -0.05) is 120 Å². The standard InChI is InChI=1S/C36H42F4/c1-3-5-7-8-10-11-25-13-15-26(16-14-25)31-23-24-32(36(40)35(31)39)28-19-17-27(18-20-28)30-22-21-29(12-9-6-4-2)33(37)34(30)38/h15,17-25H,3-14,16H2,1-2H3. The maximum absolute atomic E-state index is 15.2. The second kappa shape index (κ2) is 14.7. The molecule has 40 heavy (non-hydrogen) atoms. The minimum absolute atomic E-state index is 0.159. The lowest BCUT2D eigenvalue weighted by atomic mass is 9.83. The summed E-state index contributed by atoms with van der Waals surface area (Å²) < 4.78 is 60.0. The normalized spacial score (nSPS) is 15.3. The van der Waals surface area contributed by atoms with Crippen molar-refractivity contribution >= 4 is 5.57 Å². The van der Waals surface area contributed by atoms with Gasteiger partial charge < -0.3 is 0 Å². The van der Waals surface area contributed by atoms with E-state index in [2.05, 4.69) is 19.9 Å². The molecule has 3 aromatic rings. The molecule has 4 heteroatoms. The SMILES string of the molecule is CCCCCCCC1CC=C(c2ccc(-c3ccc(-c4ccc(CCCCC)c(F)c4F)cc3)c(F)c2F)CC1. The van der Waals surface area contributed by atoms with Gasteiger partial charge in [0, 0.05) is 16.7 Å². The van der Waals surface area contributed by atoms with Gasteiger partial charge in [0.2, 0.25) is 0 Å². The first-order chi connectivity index (χ1) is 19.4. The van der Waals surface area contributed by atoms with Crippen molar-refractivity contribution in [1.29, 1.82) is 0 Å². The summed E-state index contributed by atoms with van der Waals surface area (Å²) in [6.45, 7) is 4.29. The fraction of sp³-hybridized carbons (Fsp3) is 0.444. The zero-order valence-electron chi connectivity index (χ0n) is 24.0. The quantitative estimate of drug-likeness (QED) is 0.147. The third-order valence-corrected chi connectivity index (χ3v) is 8.38. The second-order valence-corrected chi connectivity index (χ2v) is 11.3. The first kappa shape index (κ1) is 30.1. The molecule has 3 aromatic carbocycles. The Hall–Kier alpha value is -2.88. The van der Waals surface area contributed by atoms with E-state index < -0.39 is 23.3 Å². The molecule has 4 rings (SSSR count). The molecule has 1 unspecified atom stereocenters. The van der Waals surface area contributed by atoms with E-state index in [1.54, 1.807) is 48.5 Å². The zero-order chi connectivity index (χ0) is 28.5. The van der Waals surface area contributed by atoms with E-state index in [4.69, 9.17) is 0 Å². The van der Waals surface area contributed by atoms with Crippen LogP contribution in [0.1, 0.15) is 102 Å². The van der Waals surface area contributed by atoms with Crippen LogP contribution in [0.15, 0.2) is 54.6 Å². The van der Waals surface area contributed by atoms with Gasteiger partial charge in [-0.2, -0.15) is 0 Å². The van der Waals surface area contributed by atoms with E-state index in [1.165, 1.54) is 38.5 Å². The van der Waals surface area contributed by atoms with E-state index in [-0.39, 0.29) is 11.1 Å². The average Bonchev–Trinajstić information content (AvgIpc) is 2.97. The molecule has 1 aliphatic rings. The van der Waals surface area contributed by atoms with Gasteiger partial charge in [0.1, 0.15) is 0 Å². The number of benzene rings is 3. The van der Waals surface area contributed by atoms with Crippen LogP contribution in [-0.4, -0.2) is 0 Å². The van der Waals surface area contributed by atoms with Crippen molar-refractivity contribution in [2.45, 2.75) is 97.3 Å². The van der Waals surface area contributed by atoms with Crippen molar-refractivity contribution in [2.75, 3.05) is 0 Å². The first-order valence-corrected chi connectivity index (χ1v) is 15.2. The van der Waals surface area contributed by atoms with E-state index in [0.29, 0.717) is 34.6 Å². The van der Waals surface area contributed by atoms with E-state index in [9.17, 15) is 8.78 Å². The van der Waals surface area contributed by atoms with E-state index >= 15 is 8.78 Å². The van der Waals surface area contributed by atoms with E-state index in [0.717, 1.165) is 44.1 Å². The molecular formula is C36H42F4. The van der Waals surface area contributed by atoms with Crippen molar-refractivity contribution in [2.24, 2.45) is 5.92 Å². The molecule has 0 bridgehead atoms. The summed E-state index contributed by atoms with van der Waals surface area (Å²) in [6.07, 6.45) is 15.7. The molecule has 0 saturated heterocycles. The van der Waals surface area contributed by atoms with Gasteiger partial charge in [-0.3, -0.25) is 0 Å². The highest BCUT2D eigenvalue weighted by atomic mass is 19.2. The monoisotopic (exact) mass is 550 g/mol. The Morgan fingerprint density at radius 2 is 1.15 bits per heavy atom. The largest absolute Gasteiger partial charge is 0.203 e. The molecule has 0 aromatic heterocycles. The minimum Gasteiger partial charge on any atom is -0.203 e. The first-order valence-electron chi connectivity index (χ1n) is 15.2. The van der Waals surface area contributed by atoms with Gasteiger partial charge >= 0.3 is 0 Å². The Bertz CT molecular complexity index is 1290. The molecule has 0 saturated carbocycles. The van der Waals surface area contributed by atoms with Crippen LogP contribution >= 0.6 is 0 Å². The van der Waals surface area contributed by atoms with Crippen LogP contribution < -0.4 is 0 Å². The molecule has 1 atom stereocenters. The summed E-state index contributed by atoms with van der Waals surface area (Å²) in [5.41, 5.74) is 2.91. The summed E-state index contributed by atoms with van der Waals surface area (Å²) in [6, 6.07) is 13.0. The number of aryl methyl sites for hydroxylation is 1. The summed E-state index contributed by atoms with van der Waals surface area (Å²) in [7, 11) is 0. The molecule has 0 N–H and O–H groups in total. The van der Waals surface area contributed by atoms with Crippen molar-refractivity contribution in [1.82, 2.24) is 0 Å². The third kappa shape index (κ3) is 7.25. The molecule has 0 nitrogen and oxygen atoms in total. The number of rotatable bonds is 13. The lowest BCUT2D eigenvalue weighted by molar-refractivity contribution is 0.422. The van der Waals surface area contributed by atoms with Crippen LogP contribution in [0.5, 0.6) is 0 Å². The lowest BCUT2D eigenvalue weighted by Gasteiger charge is -2.22. The van der Waals surface area contributed by atoms with Gasteiger partial charge in [0.15, 0.2) is 23.3 Å². The maximum atomic E-state index is 15.2. The number of hydrogen-bond acceptors (Lipinski definition) is 0. The van der Waals surface area contributed by atoms with Crippen molar-refractivity contribution in [3.05, 3.63) is 89.0 Å². The highest BCUT2D eigenvalue weighted by molar-refractivity contribution is 5.74.